The summed E-state index contributed by atoms with van der Waals surface area (Å²) in [7, 11) is 0. The summed E-state index contributed by atoms with van der Waals surface area (Å²) in [5.41, 5.74) is 9.93. The van der Waals surface area contributed by atoms with Gasteiger partial charge in [-0.2, -0.15) is 0 Å². The summed E-state index contributed by atoms with van der Waals surface area (Å²) in [6.07, 6.45) is 1.87. The third kappa shape index (κ3) is 1.87. The number of nitrogens with two attached hydrogens (primary N) is 1. The highest BCUT2D eigenvalue weighted by atomic mass is 15.0. The van der Waals surface area contributed by atoms with Gasteiger partial charge in [0.2, 0.25) is 0 Å². The van der Waals surface area contributed by atoms with E-state index >= 15 is 0 Å². The highest BCUT2D eigenvalue weighted by molar-refractivity contribution is 5.75. The predicted molar refractivity (Wildman–Crippen MR) is 69.7 cm³/mol. The molecule has 0 aliphatic heterocycles. The van der Waals surface area contributed by atoms with E-state index in [0.717, 1.165) is 23.3 Å². The molecule has 3 nitrogen and oxygen atoms in total. The fourth-order valence-corrected chi connectivity index (χ4v) is 2.02. The van der Waals surface area contributed by atoms with Crippen molar-refractivity contribution in [3.63, 3.8) is 0 Å². The number of hydrogen-bond acceptors (Lipinski definition) is 2. The van der Waals surface area contributed by atoms with Gasteiger partial charge < -0.3 is 10.3 Å². The molecule has 0 radical (unpaired) electrons. The Balaban J connectivity index is 2.00. The van der Waals surface area contributed by atoms with Crippen molar-refractivity contribution in [2.75, 3.05) is 5.73 Å². The van der Waals surface area contributed by atoms with Gasteiger partial charge in [0.1, 0.15) is 0 Å². The molecular weight excluding hydrogens is 210 g/mol. The molecule has 1 aromatic heterocycles. The zero-order valence-corrected chi connectivity index (χ0v) is 9.38. The number of aromatic nitrogens is 2. The van der Waals surface area contributed by atoms with E-state index in [4.69, 9.17) is 5.73 Å². The lowest BCUT2D eigenvalue weighted by Crippen LogP contribution is -1.98. The average Bonchev–Trinajstić information content (AvgIpc) is 2.73. The van der Waals surface area contributed by atoms with Gasteiger partial charge in [-0.3, -0.25) is 0 Å². The van der Waals surface area contributed by atoms with Crippen LogP contribution < -0.4 is 5.73 Å². The van der Waals surface area contributed by atoms with Crippen LogP contribution in [0.1, 0.15) is 5.56 Å². The van der Waals surface area contributed by atoms with Crippen LogP contribution in [-0.4, -0.2) is 9.55 Å². The summed E-state index contributed by atoms with van der Waals surface area (Å²) < 4.78 is 2.13. The molecule has 0 saturated heterocycles. The summed E-state index contributed by atoms with van der Waals surface area (Å²) in [6.45, 7) is 0.797. The van der Waals surface area contributed by atoms with Gasteiger partial charge in [-0.05, 0) is 29.8 Å². The summed E-state index contributed by atoms with van der Waals surface area (Å²) in [6, 6.07) is 16.1. The van der Waals surface area contributed by atoms with Crippen molar-refractivity contribution in [3.05, 3.63) is 60.4 Å². The van der Waals surface area contributed by atoms with Crippen molar-refractivity contribution in [1.82, 2.24) is 9.55 Å². The van der Waals surface area contributed by atoms with E-state index in [2.05, 4.69) is 21.7 Å². The van der Waals surface area contributed by atoms with Crippen LogP contribution in [0, 0.1) is 0 Å². The van der Waals surface area contributed by atoms with E-state index in [-0.39, 0.29) is 0 Å². The lowest BCUT2D eigenvalue weighted by molar-refractivity contribution is 0.825. The normalized spacial score (nSPS) is 10.8. The van der Waals surface area contributed by atoms with E-state index in [1.165, 1.54) is 5.56 Å². The Morgan fingerprint density at radius 1 is 1.06 bits per heavy atom. The molecule has 1 heterocycles. The smallest absolute Gasteiger partial charge is 0.0961 e. The molecule has 0 unspecified atom stereocenters. The summed E-state index contributed by atoms with van der Waals surface area (Å²) in [4.78, 5) is 4.37. The van der Waals surface area contributed by atoms with Gasteiger partial charge in [-0.15, -0.1) is 0 Å². The molecule has 0 fully saturated rings. The number of hydrogen-bond donors (Lipinski definition) is 1. The molecule has 0 saturated carbocycles. The van der Waals surface area contributed by atoms with Crippen LogP contribution in [0.2, 0.25) is 0 Å². The molecule has 2 N–H and O–H groups in total. The minimum Gasteiger partial charge on any atom is -0.399 e. The first kappa shape index (κ1) is 9.90. The van der Waals surface area contributed by atoms with Gasteiger partial charge in [0.15, 0.2) is 0 Å². The van der Waals surface area contributed by atoms with Gasteiger partial charge >= 0.3 is 0 Å². The number of nitrogens with zero attached hydrogens (tertiary/aromatic N) is 2. The largest absolute Gasteiger partial charge is 0.399 e. The Hall–Kier alpha value is -2.29. The number of nitrogen functional groups attached to an aromatic ring is 1. The molecule has 0 aliphatic carbocycles. The molecule has 3 rings (SSSR count). The number of imidazole rings is 1. The molecule has 0 aliphatic rings. The third-order valence-electron chi connectivity index (χ3n) is 2.83. The number of benzene rings is 2. The number of para-hydroxylation sites is 2. The van der Waals surface area contributed by atoms with E-state index in [1.54, 1.807) is 0 Å². The van der Waals surface area contributed by atoms with Crippen LogP contribution >= 0.6 is 0 Å². The Morgan fingerprint density at radius 2 is 1.94 bits per heavy atom. The van der Waals surface area contributed by atoms with Gasteiger partial charge in [0.25, 0.3) is 0 Å². The first-order valence-corrected chi connectivity index (χ1v) is 5.57. The molecule has 0 amide bonds. The Morgan fingerprint density at radius 3 is 2.82 bits per heavy atom. The SMILES string of the molecule is Nc1cccc(Cn2cnc3ccccc32)c1. The van der Waals surface area contributed by atoms with Gasteiger partial charge in [-0.25, -0.2) is 4.98 Å². The highest BCUT2D eigenvalue weighted by Gasteiger charge is 2.02. The summed E-state index contributed by atoms with van der Waals surface area (Å²) in [5.74, 6) is 0. The van der Waals surface area contributed by atoms with Crippen molar-refractivity contribution in [1.29, 1.82) is 0 Å². The van der Waals surface area contributed by atoms with Crippen LogP contribution in [0.3, 0.4) is 0 Å². The zero-order chi connectivity index (χ0) is 11.7. The second-order valence-electron chi connectivity index (χ2n) is 4.11. The van der Waals surface area contributed by atoms with Crippen LogP contribution in [0.25, 0.3) is 11.0 Å². The third-order valence-corrected chi connectivity index (χ3v) is 2.83. The lowest BCUT2D eigenvalue weighted by atomic mass is 10.2. The average molecular weight is 223 g/mol. The van der Waals surface area contributed by atoms with Gasteiger partial charge in [-0.1, -0.05) is 24.3 Å². The van der Waals surface area contributed by atoms with Gasteiger partial charge in [0, 0.05) is 12.2 Å². The van der Waals surface area contributed by atoms with Crippen molar-refractivity contribution in [3.8, 4) is 0 Å². The molecular formula is C14H13N3. The van der Waals surface area contributed by atoms with Crippen LogP contribution in [0.4, 0.5) is 5.69 Å². The molecule has 84 valence electrons. The number of rotatable bonds is 2. The minimum absolute atomic E-state index is 0.797. The first-order valence-electron chi connectivity index (χ1n) is 5.57. The number of anilines is 1. The van der Waals surface area contributed by atoms with Crippen molar-refractivity contribution in [2.24, 2.45) is 0 Å². The van der Waals surface area contributed by atoms with Crippen LogP contribution in [0.15, 0.2) is 54.9 Å². The van der Waals surface area contributed by atoms with Crippen LogP contribution in [0.5, 0.6) is 0 Å². The first-order chi connectivity index (χ1) is 8.33. The van der Waals surface area contributed by atoms with E-state index < -0.39 is 0 Å². The molecule has 0 atom stereocenters. The topological polar surface area (TPSA) is 43.8 Å². The Labute approximate surface area is 99.5 Å². The fourth-order valence-electron chi connectivity index (χ4n) is 2.02. The molecule has 0 bridgehead atoms. The highest BCUT2D eigenvalue weighted by Crippen LogP contribution is 2.15. The van der Waals surface area contributed by atoms with Crippen molar-refractivity contribution < 1.29 is 0 Å². The van der Waals surface area contributed by atoms with Crippen molar-refractivity contribution >= 4 is 16.7 Å². The molecule has 3 aromatic rings. The van der Waals surface area contributed by atoms with Crippen molar-refractivity contribution in [2.45, 2.75) is 6.54 Å². The second-order valence-corrected chi connectivity index (χ2v) is 4.11. The minimum atomic E-state index is 0.797. The molecule has 17 heavy (non-hydrogen) atoms. The van der Waals surface area contributed by atoms with E-state index in [0.29, 0.717) is 0 Å². The monoisotopic (exact) mass is 223 g/mol. The maximum absolute atomic E-state index is 5.78. The molecule has 3 heteroatoms. The number of fused-ring (bicyclic) bond motifs is 1. The predicted octanol–water partition coefficient (Wildman–Crippen LogP) is 2.67. The maximum atomic E-state index is 5.78. The molecule has 0 spiro atoms. The lowest BCUT2D eigenvalue weighted by Gasteiger charge is -2.05. The fraction of sp³-hybridized carbons (Fsp3) is 0.0714. The Kier molecular flexibility index (Phi) is 2.29. The Bertz CT molecular complexity index is 655. The zero-order valence-electron chi connectivity index (χ0n) is 9.38. The second kappa shape index (κ2) is 3.94. The summed E-state index contributed by atoms with van der Waals surface area (Å²) in [5, 5.41) is 0. The van der Waals surface area contributed by atoms with Gasteiger partial charge in [0.05, 0.1) is 17.4 Å². The van der Waals surface area contributed by atoms with Crippen LogP contribution in [-0.2, 0) is 6.54 Å². The molecule has 2 aromatic carbocycles. The van der Waals surface area contributed by atoms with E-state index in [9.17, 15) is 0 Å². The van der Waals surface area contributed by atoms with E-state index in [1.807, 2.05) is 42.7 Å². The summed E-state index contributed by atoms with van der Waals surface area (Å²) >= 11 is 0. The standard InChI is InChI=1S/C14H13N3/c15-12-5-3-4-11(8-12)9-17-10-16-13-6-1-2-7-14(13)17/h1-8,10H,9,15H2. The quantitative estimate of drug-likeness (QED) is 0.679. The maximum Gasteiger partial charge on any atom is 0.0961 e.